The molecule has 0 radical (unpaired) electrons. The molecule has 0 bridgehead atoms. The number of amides is 2. The van der Waals surface area contributed by atoms with Crippen molar-refractivity contribution >= 4 is 69.5 Å². The molecular weight excluding hydrogens is 972 g/mol. The normalized spacial score (nSPS) is 16.0. The number of methoxy groups -OCH3 is 1. The number of alkyl halides is 1. The number of nitrogens with one attached hydrogen (secondary N) is 2. The van der Waals surface area contributed by atoms with Crippen molar-refractivity contribution in [3.63, 3.8) is 0 Å². The fourth-order valence-corrected chi connectivity index (χ4v) is 10.7. The minimum Gasteiger partial charge on any atom is -0.497 e. The van der Waals surface area contributed by atoms with Crippen LogP contribution in [0.4, 0.5) is 5.13 Å². The third-order valence-corrected chi connectivity index (χ3v) is 14.4. The molecule has 1 saturated heterocycles. The summed E-state index contributed by atoms with van der Waals surface area (Å²) in [5, 5.41) is 10.3. The van der Waals surface area contributed by atoms with Gasteiger partial charge in [0.25, 0.3) is 11.8 Å². The second-order valence-electron chi connectivity index (χ2n) is 16.6. The largest absolute Gasteiger partial charge is 0.497 e. The Kier molecular flexibility index (Phi) is 15.4. The Morgan fingerprint density at radius 2 is 1.33 bits per heavy atom. The lowest BCUT2D eigenvalue weighted by Gasteiger charge is -2.49. The van der Waals surface area contributed by atoms with Gasteiger partial charge >= 0.3 is 11.9 Å². The maximum Gasteiger partial charge on any atom is 0.355 e. The second kappa shape index (κ2) is 22.5. The quantitative estimate of drug-likeness (QED) is 0.0197. The number of ether oxygens (including phenoxy) is 3. The maximum atomic E-state index is 14.6. The third-order valence-electron chi connectivity index (χ3n) is 12.1. The summed E-state index contributed by atoms with van der Waals surface area (Å²) in [6, 6.07) is 54.1. The van der Waals surface area contributed by atoms with Crippen LogP contribution in [0.15, 0.2) is 192 Å². The summed E-state index contributed by atoms with van der Waals surface area (Å²) in [5.74, 6) is -2.17. The lowest BCUT2D eigenvalue weighted by Crippen LogP contribution is -2.71. The summed E-state index contributed by atoms with van der Waals surface area (Å²) < 4.78 is 21.6. The molecular formula is C55H47ClN6O8S2. The fraction of sp³-hybridized carbons (Fsp3) is 0.182. The van der Waals surface area contributed by atoms with Crippen LogP contribution in [0.5, 0.6) is 5.75 Å². The Morgan fingerprint density at radius 1 is 0.792 bits per heavy atom. The van der Waals surface area contributed by atoms with Crippen LogP contribution in [0.1, 0.15) is 52.2 Å². The van der Waals surface area contributed by atoms with Crippen molar-refractivity contribution < 1.29 is 38.2 Å². The summed E-state index contributed by atoms with van der Waals surface area (Å²) >= 11 is 8.64. The number of anilines is 1. The number of oxime groups is 1. The SMILES string of the molecule is COc1ccc(COC(=O)C2=C(CCl)CS[C@@H]3[C@H](NC(=O)/C(=N\O[C@@H](C)C(=O)OC(c4ccccc4)c4ccccc4)c4nsc(NC(c5ccccc5)(c5ccccc5)c5ccccc5)n4)C(=O)N23)cc1. The minimum absolute atomic E-state index is 0.0222. The van der Waals surface area contributed by atoms with Crippen LogP contribution in [-0.2, 0) is 45.6 Å². The van der Waals surface area contributed by atoms with Gasteiger partial charge < -0.3 is 29.7 Å². The molecule has 2 aliphatic rings. The van der Waals surface area contributed by atoms with E-state index >= 15 is 0 Å². The van der Waals surface area contributed by atoms with Crippen molar-refractivity contribution in [1.29, 1.82) is 0 Å². The monoisotopic (exact) mass is 1020 g/mol. The predicted molar refractivity (Wildman–Crippen MR) is 276 cm³/mol. The number of halogens is 1. The highest BCUT2D eigenvalue weighted by Crippen LogP contribution is 2.42. The first-order chi connectivity index (χ1) is 35.2. The number of aromatic nitrogens is 2. The predicted octanol–water partition coefficient (Wildman–Crippen LogP) is 9.03. The van der Waals surface area contributed by atoms with E-state index in [0.29, 0.717) is 27.8 Å². The molecule has 0 saturated carbocycles. The van der Waals surface area contributed by atoms with Gasteiger partial charge in [0.15, 0.2) is 6.10 Å². The number of benzene rings is 6. The van der Waals surface area contributed by atoms with Gasteiger partial charge in [0.2, 0.25) is 22.8 Å². The number of rotatable bonds is 19. The number of carbonyl (C=O) groups excluding carboxylic acids is 4. The Bertz CT molecular complexity index is 2940. The van der Waals surface area contributed by atoms with Crippen LogP contribution in [0.2, 0.25) is 0 Å². The number of hydrogen-bond donors (Lipinski definition) is 2. The fourth-order valence-electron chi connectivity index (χ4n) is 8.39. The second-order valence-corrected chi connectivity index (χ2v) is 18.7. The summed E-state index contributed by atoms with van der Waals surface area (Å²) in [6.07, 6.45) is -2.11. The van der Waals surface area contributed by atoms with Crippen molar-refractivity contribution in [1.82, 2.24) is 19.6 Å². The zero-order chi connectivity index (χ0) is 50.0. The molecule has 1 fully saturated rings. The molecule has 3 atom stereocenters. The molecule has 2 aliphatic heterocycles. The van der Waals surface area contributed by atoms with Crippen molar-refractivity contribution in [3.8, 4) is 5.75 Å². The van der Waals surface area contributed by atoms with Crippen LogP contribution in [0, 0.1) is 0 Å². The molecule has 3 heterocycles. The highest BCUT2D eigenvalue weighted by atomic mass is 35.5. The Labute approximate surface area is 429 Å². The summed E-state index contributed by atoms with van der Waals surface area (Å²) in [4.78, 5) is 68.2. The number of esters is 2. The lowest BCUT2D eigenvalue weighted by atomic mass is 9.77. The van der Waals surface area contributed by atoms with Crippen molar-refractivity contribution in [2.75, 3.05) is 24.1 Å². The van der Waals surface area contributed by atoms with E-state index in [0.717, 1.165) is 39.3 Å². The summed E-state index contributed by atoms with van der Waals surface area (Å²) in [6.45, 7) is 1.39. The van der Waals surface area contributed by atoms with E-state index < -0.39 is 58.6 Å². The smallest absolute Gasteiger partial charge is 0.355 e. The number of hydrogen-bond acceptors (Lipinski definition) is 14. The standard InChI is InChI=1S/C55H47ClN6O8S2/c1-35(52(65)69-47(37-18-8-3-9-19-37)38-20-10-4-11-21-38)70-60-44(48-58-54(72-61-48)59-55(40-22-12-5-13-23-40,41-24-14-6-15-25-41)42-26-16-7-17-27-42)49(63)57-45-50(64)62-46(39(32-56)34-71-51(45)62)53(66)68-33-36-28-30-43(67-2)31-29-36/h3-31,35,45,47,51H,32-34H2,1-2H3,(H,57,63)(H,58,59,61)/b60-44-/t35-,45+,51+/m0/s1. The number of β-lactam (4-membered cyclic amide) rings is 1. The molecule has 7 aromatic rings. The molecule has 364 valence electrons. The number of thioether (sulfide) groups is 1. The summed E-state index contributed by atoms with van der Waals surface area (Å²) in [5.41, 5.74) is 4.01. The number of nitrogens with zero attached hydrogens (tertiary/aromatic N) is 4. The zero-order valence-electron chi connectivity index (χ0n) is 38.9. The van der Waals surface area contributed by atoms with Crippen LogP contribution in [0.25, 0.3) is 0 Å². The van der Waals surface area contributed by atoms with E-state index in [2.05, 4.69) is 20.2 Å². The van der Waals surface area contributed by atoms with Crippen LogP contribution in [0.3, 0.4) is 0 Å². The Hall–Kier alpha value is -7.79. The van der Waals surface area contributed by atoms with E-state index in [1.165, 1.54) is 23.6 Å². The highest BCUT2D eigenvalue weighted by molar-refractivity contribution is 8.00. The van der Waals surface area contributed by atoms with Gasteiger partial charge in [0, 0.05) is 23.2 Å². The van der Waals surface area contributed by atoms with Crippen LogP contribution < -0.4 is 15.4 Å². The maximum absolute atomic E-state index is 14.6. The van der Waals surface area contributed by atoms with E-state index in [1.807, 2.05) is 152 Å². The molecule has 0 spiro atoms. The first-order valence-electron chi connectivity index (χ1n) is 22.8. The Balaban J connectivity index is 1.01. The average molecular weight is 1020 g/mol. The number of carbonyl (C=O) groups is 4. The zero-order valence-corrected chi connectivity index (χ0v) is 41.3. The molecule has 1 aromatic heterocycles. The molecule has 17 heteroatoms. The topological polar surface area (TPSA) is 171 Å². The van der Waals surface area contributed by atoms with Gasteiger partial charge in [0.05, 0.1) is 7.11 Å². The first-order valence-corrected chi connectivity index (χ1v) is 25.2. The van der Waals surface area contributed by atoms with Crippen LogP contribution >= 0.6 is 34.9 Å². The van der Waals surface area contributed by atoms with Crippen molar-refractivity contribution in [2.24, 2.45) is 5.16 Å². The van der Waals surface area contributed by atoms with Gasteiger partial charge in [-0.05, 0) is 58.0 Å². The molecule has 2 amide bonds. The van der Waals surface area contributed by atoms with Gasteiger partial charge in [-0.25, -0.2) is 9.59 Å². The number of fused-ring (bicyclic) bond motifs is 1. The minimum atomic E-state index is -1.33. The van der Waals surface area contributed by atoms with Crippen molar-refractivity contribution in [3.05, 3.63) is 226 Å². The third kappa shape index (κ3) is 10.5. The van der Waals surface area contributed by atoms with Gasteiger partial charge in [-0.3, -0.25) is 14.5 Å². The van der Waals surface area contributed by atoms with Gasteiger partial charge in [-0.2, -0.15) is 9.36 Å². The Morgan fingerprint density at radius 3 is 1.86 bits per heavy atom. The van der Waals surface area contributed by atoms with Gasteiger partial charge in [-0.15, -0.1) is 23.4 Å². The van der Waals surface area contributed by atoms with Gasteiger partial charge in [-0.1, -0.05) is 169 Å². The van der Waals surface area contributed by atoms with Crippen molar-refractivity contribution in [2.45, 2.75) is 42.7 Å². The van der Waals surface area contributed by atoms with E-state index in [4.69, 9.17) is 35.6 Å². The first kappa shape index (κ1) is 49.2. The average Bonchev–Trinajstić information content (AvgIpc) is 3.90. The molecule has 0 unspecified atom stereocenters. The van der Waals surface area contributed by atoms with E-state index in [-0.39, 0.29) is 24.0 Å². The van der Waals surface area contributed by atoms with Crippen LogP contribution in [-0.4, -0.2) is 80.0 Å². The molecule has 0 aliphatic carbocycles. The molecule has 6 aromatic carbocycles. The molecule has 14 nitrogen and oxygen atoms in total. The molecule has 2 N–H and O–H groups in total. The van der Waals surface area contributed by atoms with E-state index in [1.54, 1.807) is 31.4 Å². The molecule has 9 rings (SSSR count). The molecule has 72 heavy (non-hydrogen) atoms. The van der Waals surface area contributed by atoms with Gasteiger partial charge in [0.1, 0.15) is 35.0 Å². The van der Waals surface area contributed by atoms with E-state index in [9.17, 15) is 19.2 Å². The lowest BCUT2D eigenvalue weighted by molar-refractivity contribution is -0.160. The summed E-state index contributed by atoms with van der Waals surface area (Å²) in [7, 11) is 1.56. The highest BCUT2D eigenvalue weighted by Gasteiger charge is 2.55.